The molecular weight excluding hydrogens is 366 g/mol. The van der Waals surface area contributed by atoms with Gasteiger partial charge in [-0.1, -0.05) is 12.1 Å². The van der Waals surface area contributed by atoms with E-state index in [2.05, 4.69) is 44.8 Å². The Labute approximate surface area is 173 Å². The summed E-state index contributed by atoms with van der Waals surface area (Å²) in [5.41, 5.74) is 2.19. The van der Waals surface area contributed by atoms with Gasteiger partial charge < -0.3 is 19.5 Å². The fraction of sp³-hybridized carbons (Fsp3) is 0.636. The van der Waals surface area contributed by atoms with Crippen molar-refractivity contribution in [2.24, 2.45) is 5.92 Å². The highest BCUT2D eigenvalue weighted by molar-refractivity contribution is 5.81. The van der Waals surface area contributed by atoms with Crippen molar-refractivity contribution in [1.82, 2.24) is 19.8 Å². The minimum absolute atomic E-state index is 0.0391. The van der Waals surface area contributed by atoms with Crippen molar-refractivity contribution in [3.05, 3.63) is 24.3 Å². The van der Waals surface area contributed by atoms with Gasteiger partial charge in [0.25, 0.3) is 0 Å². The lowest BCUT2D eigenvalue weighted by Crippen LogP contribution is -2.44. The van der Waals surface area contributed by atoms with Gasteiger partial charge >= 0.3 is 0 Å². The monoisotopic (exact) mass is 399 g/mol. The number of para-hydroxylation sites is 2. The molecular formula is C22H33N5O2. The fourth-order valence-electron chi connectivity index (χ4n) is 4.47. The number of hydrogen-bond acceptors (Lipinski definition) is 5. The molecule has 3 heterocycles. The number of benzene rings is 1. The Morgan fingerprint density at radius 3 is 2.90 bits per heavy atom. The summed E-state index contributed by atoms with van der Waals surface area (Å²) in [5, 5.41) is 3.17. The maximum Gasteiger partial charge on any atom is 0.224 e. The number of morpholine rings is 1. The summed E-state index contributed by atoms with van der Waals surface area (Å²) < 4.78 is 7.64. The molecule has 0 radical (unpaired) electrons. The molecule has 1 N–H and O–H groups in total. The number of imidazole rings is 1. The van der Waals surface area contributed by atoms with Crippen LogP contribution in [0.4, 0.5) is 5.95 Å². The van der Waals surface area contributed by atoms with Gasteiger partial charge in [-0.15, -0.1) is 0 Å². The number of fused-ring (bicyclic) bond motifs is 1. The van der Waals surface area contributed by atoms with Crippen molar-refractivity contribution in [2.75, 3.05) is 57.4 Å². The lowest BCUT2D eigenvalue weighted by molar-refractivity contribution is -0.125. The predicted molar refractivity (Wildman–Crippen MR) is 115 cm³/mol. The van der Waals surface area contributed by atoms with Crippen molar-refractivity contribution >= 4 is 22.9 Å². The number of aromatic nitrogens is 2. The van der Waals surface area contributed by atoms with Gasteiger partial charge in [0, 0.05) is 39.3 Å². The van der Waals surface area contributed by atoms with Gasteiger partial charge in [0.1, 0.15) is 0 Å². The SMILES string of the molecule is CCn1c(N2CCCC(C(=O)NCCCN3CCOCC3)C2)nc2ccccc21. The summed E-state index contributed by atoms with van der Waals surface area (Å²) >= 11 is 0. The highest BCUT2D eigenvalue weighted by Gasteiger charge is 2.28. The van der Waals surface area contributed by atoms with Crippen LogP contribution < -0.4 is 10.2 Å². The third kappa shape index (κ3) is 4.73. The number of rotatable bonds is 7. The van der Waals surface area contributed by atoms with E-state index >= 15 is 0 Å². The van der Waals surface area contributed by atoms with Crippen molar-refractivity contribution < 1.29 is 9.53 Å². The summed E-state index contributed by atoms with van der Waals surface area (Å²) in [6.45, 7) is 10.2. The first-order valence-electron chi connectivity index (χ1n) is 11.0. The zero-order valence-corrected chi connectivity index (χ0v) is 17.5. The summed E-state index contributed by atoms with van der Waals surface area (Å²) in [6.07, 6.45) is 2.98. The molecule has 0 bridgehead atoms. The largest absolute Gasteiger partial charge is 0.379 e. The van der Waals surface area contributed by atoms with E-state index in [-0.39, 0.29) is 11.8 Å². The number of carbonyl (C=O) groups excluding carboxylic acids is 1. The molecule has 7 nitrogen and oxygen atoms in total. The first-order chi connectivity index (χ1) is 14.3. The smallest absolute Gasteiger partial charge is 0.224 e. The molecule has 2 saturated heterocycles. The van der Waals surface area contributed by atoms with Crippen LogP contribution in [0.1, 0.15) is 26.2 Å². The van der Waals surface area contributed by atoms with Crippen LogP contribution >= 0.6 is 0 Å². The number of amides is 1. The first kappa shape index (κ1) is 20.2. The second kappa shape index (κ2) is 9.59. The summed E-state index contributed by atoms with van der Waals surface area (Å²) in [7, 11) is 0. The van der Waals surface area contributed by atoms with Crippen LogP contribution in [0.2, 0.25) is 0 Å². The number of aryl methyl sites for hydroxylation is 1. The molecule has 1 aromatic carbocycles. The van der Waals surface area contributed by atoms with Crippen LogP contribution in [0, 0.1) is 5.92 Å². The topological polar surface area (TPSA) is 62.6 Å². The molecule has 2 aromatic rings. The standard InChI is InChI=1S/C22H33N5O2/c1-2-27-20-9-4-3-8-19(20)24-22(27)26-12-5-7-18(17-26)21(28)23-10-6-11-25-13-15-29-16-14-25/h3-4,8-9,18H,2,5-7,10-17H2,1H3,(H,23,28). The lowest BCUT2D eigenvalue weighted by atomic mass is 9.97. The molecule has 1 aromatic heterocycles. The molecule has 1 unspecified atom stereocenters. The predicted octanol–water partition coefficient (Wildman–Crippen LogP) is 2.11. The lowest BCUT2D eigenvalue weighted by Gasteiger charge is -2.33. The summed E-state index contributed by atoms with van der Waals surface area (Å²) in [4.78, 5) is 22.3. The highest BCUT2D eigenvalue weighted by atomic mass is 16.5. The number of ether oxygens (including phenoxy) is 1. The van der Waals surface area contributed by atoms with Crippen LogP contribution in [-0.2, 0) is 16.1 Å². The third-order valence-electron chi connectivity index (χ3n) is 6.08. The Bertz CT molecular complexity index is 815. The molecule has 2 aliphatic heterocycles. The molecule has 0 saturated carbocycles. The second-order valence-corrected chi connectivity index (χ2v) is 8.03. The molecule has 29 heavy (non-hydrogen) atoms. The van der Waals surface area contributed by atoms with Gasteiger partial charge in [0.05, 0.1) is 30.2 Å². The second-order valence-electron chi connectivity index (χ2n) is 8.03. The average molecular weight is 400 g/mol. The van der Waals surface area contributed by atoms with Gasteiger partial charge in [-0.25, -0.2) is 4.98 Å². The number of nitrogens with zero attached hydrogens (tertiary/aromatic N) is 4. The van der Waals surface area contributed by atoms with Crippen molar-refractivity contribution in [3.63, 3.8) is 0 Å². The highest BCUT2D eigenvalue weighted by Crippen LogP contribution is 2.27. The Morgan fingerprint density at radius 2 is 2.07 bits per heavy atom. The van der Waals surface area contributed by atoms with Gasteiger partial charge in [-0.3, -0.25) is 9.69 Å². The van der Waals surface area contributed by atoms with E-state index in [1.165, 1.54) is 5.52 Å². The normalized spacial score (nSPS) is 20.9. The molecule has 158 valence electrons. The number of anilines is 1. The quantitative estimate of drug-likeness (QED) is 0.723. The zero-order chi connectivity index (χ0) is 20.1. The molecule has 1 atom stereocenters. The van der Waals surface area contributed by atoms with E-state index in [1.807, 2.05) is 6.07 Å². The van der Waals surface area contributed by atoms with E-state index in [0.29, 0.717) is 0 Å². The van der Waals surface area contributed by atoms with E-state index in [0.717, 1.165) is 89.8 Å². The molecule has 2 fully saturated rings. The van der Waals surface area contributed by atoms with Crippen molar-refractivity contribution in [1.29, 1.82) is 0 Å². The molecule has 4 rings (SSSR count). The van der Waals surface area contributed by atoms with Crippen LogP contribution in [0.15, 0.2) is 24.3 Å². The number of nitrogens with one attached hydrogen (secondary N) is 1. The van der Waals surface area contributed by atoms with E-state index in [4.69, 9.17) is 9.72 Å². The minimum Gasteiger partial charge on any atom is -0.379 e. The van der Waals surface area contributed by atoms with Gasteiger partial charge in [-0.2, -0.15) is 0 Å². The fourth-order valence-corrected chi connectivity index (χ4v) is 4.47. The minimum atomic E-state index is 0.0391. The van der Waals surface area contributed by atoms with Crippen LogP contribution in [0.5, 0.6) is 0 Å². The van der Waals surface area contributed by atoms with Crippen molar-refractivity contribution in [3.8, 4) is 0 Å². The Morgan fingerprint density at radius 1 is 1.24 bits per heavy atom. The Kier molecular flexibility index (Phi) is 6.67. The van der Waals surface area contributed by atoms with Crippen LogP contribution in [0.25, 0.3) is 11.0 Å². The van der Waals surface area contributed by atoms with Crippen molar-refractivity contribution in [2.45, 2.75) is 32.7 Å². The van der Waals surface area contributed by atoms with Gasteiger partial charge in [0.2, 0.25) is 11.9 Å². The molecule has 1 amide bonds. The molecule has 0 aliphatic carbocycles. The molecule has 7 heteroatoms. The number of carbonyl (C=O) groups is 1. The van der Waals surface area contributed by atoms with Gasteiger partial charge in [0.15, 0.2) is 0 Å². The van der Waals surface area contributed by atoms with Crippen LogP contribution in [0.3, 0.4) is 0 Å². The molecule has 0 spiro atoms. The van der Waals surface area contributed by atoms with E-state index < -0.39 is 0 Å². The molecule has 2 aliphatic rings. The summed E-state index contributed by atoms with van der Waals surface area (Å²) in [5.74, 6) is 1.23. The zero-order valence-electron chi connectivity index (χ0n) is 17.5. The maximum absolute atomic E-state index is 12.8. The Balaban J connectivity index is 1.31. The van der Waals surface area contributed by atoms with E-state index in [9.17, 15) is 4.79 Å². The third-order valence-corrected chi connectivity index (χ3v) is 6.08. The summed E-state index contributed by atoms with van der Waals surface area (Å²) in [6, 6.07) is 8.28. The average Bonchev–Trinajstić information content (AvgIpc) is 3.16. The van der Waals surface area contributed by atoms with Gasteiger partial charge in [-0.05, 0) is 44.9 Å². The Hall–Kier alpha value is -2.12. The number of hydrogen-bond donors (Lipinski definition) is 1. The maximum atomic E-state index is 12.8. The van der Waals surface area contributed by atoms with E-state index in [1.54, 1.807) is 0 Å². The number of piperidine rings is 1. The first-order valence-corrected chi connectivity index (χ1v) is 11.0. The van der Waals surface area contributed by atoms with Crippen LogP contribution in [-0.4, -0.2) is 72.8 Å².